The van der Waals surface area contributed by atoms with Crippen molar-refractivity contribution in [1.82, 2.24) is 15.6 Å². The summed E-state index contributed by atoms with van der Waals surface area (Å²) in [5.74, 6) is 1.25. The maximum Gasteiger partial charge on any atom is 0.314 e. The first-order valence-electron chi connectivity index (χ1n) is 8.30. The van der Waals surface area contributed by atoms with Gasteiger partial charge in [-0.3, -0.25) is 0 Å². The Hall–Kier alpha value is -2.08. The van der Waals surface area contributed by atoms with Crippen LogP contribution in [0.15, 0.2) is 24.3 Å². The van der Waals surface area contributed by atoms with Gasteiger partial charge >= 0.3 is 6.03 Å². The number of thiazole rings is 1. The van der Waals surface area contributed by atoms with Gasteiger partial charge in [0.25, 0.3) is 0 Å². The van der Waals surface area contributed by atoms with Crippen LogP contribution in [0.5, 0.6) is 5.75 Å². The molecule has 0 spiro atoms. The Morgan fingerprint density at radius 3 is 2.96 bits per heavy atom. The molecule has 0 saturated carbocycles. The van der Waals surface area contributed by atoms with Crippen LogP contribution in [-0.2, 0) is 6.42 Å². The Kier molecular flexibility index (Phi) is 5.35. The molecule has 0 bridgehead atoms. The molecule has 6 heteroatoms. The summed E-state index contributed by atoms with van der Waals surface area (Å²) >= 11 is 1.70. The van der Waals surface area contributed by atoms with Crippen molar-refractivity contribution in [3.8, 4) is 5.75 Å². The van der Waals surface area contributed by atoms with Gasteiger partial charge in [0.05, 0.1) is 17.3 Å². The molecule has 3 rings (SSSR count). The molecule has 2 amide bonds. The lowest BCUT2D eigenvalue weighted by molar-refractivity contribution is 0.235. The fourth-order valence-electron chi connectivity index (χ4n) is 3.00. The summed E-state index contributed by atoms with van der Waals surface area (Å²) in [7, 11) is 0. The average Bonchev–Trinajstić information content (AvgIpc) is 2.90. The number of urea groups is 1. The zero-order valence-corrected chi connectivity index (χ0v) is 14.9. The van der Waals surface area contributed by atoms with Gasteiger partial charge < -0.3 is 15.4 Å². The summed E-state index contributed by atoms with van der Waals surface area (Å²) in [6.07, 6.45) is 1.75. The number of carbonyl (C=O) groups is 1. The SMILES string of the molecule is Cc1nc(C)c(CCNC(=O)NCC2CCOc3ccccc32)s1. The Balaban J connectivity index is 1.44. The summed E-state index contributed by atoms with van der Waals surface area (Å²) in [6, 6.07) is 7.94. The molecule has 0 aliphatic carbocycles. The number of ether oxygens (including phenoxy) is 1. The van der Waals surface area contributed by atoms with Crippen LogP contribution < -0.4 is 15.4 Å². The third kappa shape index (κ3) is 4.06. The highest BCUT2D eigenvalue weighted by molar-refractivity contribution is 7.11. The van der Waals surface area contributed by atoms with E-state index in [1.165, 1.54) is 10.4 Å². The summed E-state index contributed by atoms with van der Waals surface area (Å²) < 4.78 is 5.65. The number of amides is 2. The van der Waals surface area contributed by atoms with E-state index in [1.807, 2.05) is 32.0 Å². The highest BCUT2D eigenvalue weighted by Crippen LogP contribution is 2.32. The van der Waals surface area contributed by atoms with Gasteiger partial charge in [0.2, 0.25) is 0 Å². The van der Waals surface area contributed by atoms with E-state index >= 15 is 0 Å². The fourth-order valence-corrected chi connectivity index (χ4v) is 3.94. The van der Waals surface area contributed by atoms with Crippen molar-refractivity contribution in [1.29, 1.82) is 0 Å². The molecule has 1 atom stereocenters. The molecule has 0 radical (unpaired) electrons. The Bertz CT molecular complexity index is 714. The number of para-hydroxylation sites is 1. The topological polar surface area (TPSA) is 63.2 Å². The van der Waals surface area contributed by atoms with E-state index in [4.69, 9.17) is 4.74 Å². The predicted molar refractivity (Wildman–Crippen MR) is 96.0 cm³/mol. The van der Waals surface area contributed by atoms with Gasteiger partial charge in [0.1, 0.15) is 5.75 Å². The minimum atomic E-state index is -0.113. The maximum atomic E-state index is 12.0. The van der Waals surface area contributed by atoms with Gasteiger partial charge in [-0.25, -0.2) is 9.78 Å². The molecule has 1 aliphatic rings. The number of benzene rings is 1. The molecule has 5 nitrogen and oxygen atoms in total. The van der Waals surface area contributed by atoms with Gasteiger partial charge in [-0.1, -0.05) is 18.2 Å². The normalized spacial score (nSPS) is 16.2. The summed E-state index contributed by atoms with van der Waals surface area (Å²) in [5.41, 5.74) is 2.25. The van der Waals surface area contributed by atoms with Gasteiger partial charge in [-0.15, -0.1) is 11.3 Å². The Morgan fingerprint density at radius 2 is 2.17 bits per heavy atom. The van der Waals surface area contributed by atoms with Crippen LogP contribution in [0.2, 0.25) is 0 Å². The summed E-state index contributed by atoms with van der Waals surface area (Å²) in [4.78, 5) is 17.7. The molecular formula is C18H23N3O2S. The summed E-state index contributed by atoms with van der Waals surface area (Å²) in [6.45, 7) is 5.98. The van der Waals surface area contributed by atoms with Crippen molar-refractivity contribution in [3.05, 3.63) is 45.4 Å². The van der Waals surface area contributed by atoms with Crippen molar-refractivity contribution in [3.63, 3.8) is 0 Å². The van der Waals surface area contributed by atoms with Crippen LogP contribution >= 0.6 is 11.3 Å². The van der Waals surface area contributed by atoms with E-state index in [2.05, 4.69) is 21.7 Å². The molecule has 1 aromatic carbocycles. The van der Waals surface area contributed by atoms with E-state index < -0.39 is 0 Å². The monoisotopic (exact) mass is 345 g/mol. The molecule has 2 heterocycles. The molecule has 1 unspecified atom stereocenters. The number of carbonyl (C=O) groups excluding carboxylic acids is 1. The molecule has 0 fully saturated rings. The minimum absolute atomic E-state index is 0.113. The van der Waals surface area contributed by atoms with Crippen molar-refractivity contribution in [2.45, 2.75) is 32.6 Å². The molecule has 24 heavy (non-hydrogen) atoms. The Morgan fingerprint density at radius 1 is 1.33 bits per heavy atom. The second kappa shape index (κ2) is 7.66. The molecule has 0 saturated heterocycles. The van der Waals surface area contributed by atoms with Crippen molar-refractivity contribution in [2.24, 2.45) is 0 Å². The van der Waals surface area contributed by atoms with E-state index in [-0.39, 0.29) is 6.03 Å². The van der Waals surface area contributed by atoms with Crippen LogP contribution in [0.1, 0.15) is 33.5 Å². The van der Waals surface area contributed by atoms with Gasteiger partial charge in [-0.05, 0) is 31.9 Å². The zero-order chi connectivity index (χ0) is 16.9. The van der Waals surface area contributed by atoms with Crippen LogP contribution in [0, 0.1) is 13.8 Å². The molecular weight excluding hydrogens is 322 g/mol. The predicted octanol–water partition coefficient (Wildman–Crippen LogP) is 3.17. The Labute approximate surface area is 146 Å². The number of hydrogen-bond donors (Lipinski definition) is 2. The number of nitrogens with one attached hydrogen (secondary N) is 2. The lowest BCUT2D eigenvalue weighted by atomic mass is 9.93. The second-order valence-electron chi connectivity index (χ2n) is 6.00. The van der Waals surface area contributed by atoms with Gasteiger partial charge in [0.15, 0.2) is 0 Å². The number of aromatic nitrogens is 1. The minimum Gasteiger partial charge on any atom is -0.493 e. The van der Waals surface area contributed by atoms with Gasteiger partial charge in [-0.2, -0.15) is 0 Å². The highest BCUT2D eigenvalue weighted by atomic mass is 32.1. The number of aryl methyl sites for hydroxylation is 2. The van der Waals surface area contributed by atoms with Crippen molar-refractivity contribution < 1.29 is 9.53 Å². The largest absolute Gasteiger partial charge is 0.493 e. The molecule has 2 N–H and O–H groups in total. The van der Waals surface area contributed by atoms with Crippen LogP contribution in [0.3, 0.4) is 0 Å². The standard InChI is InChI=1S/C18H23N3O2S/c1-12-17(24-13(2)21-12)7-9-19-18(22)20-11-14-8-10-23-16-6-4-3-5-15(14)16/h3-6,14H,7-11H2,1-2H3,(H2,19,20,22). The smallest absolute Gasteiger partial charge is 0.314 e. The zero-order valence-electron chi connectivity index (χ0n) is 14.1. The molecule has 128 valence electrons. The van der Waals surface area contributed by atoms with Gasteiger partial charge in [0, 0.05) is 30.3 Å². The van der Waals surface area contributed by atoms with Crippen molar-refractivity contribution in [2.75, 3.05) is 19.7 Å². The van der Waals surface area contributed by atoms with Crippen LogP contribution in [0.25, 0.3) is 0 Å². The second-order valence-corrected chi connectivity index (χ2v) is 7.29. The van der Waals surface area contributed by atoms with Crippen LogP contribution in [-0.4, -0.2) is 30.7 Å². The number of nitrogens with zero attached hydrogens (tertiary/aromatic N) is 1. The van der Waals surface area contributed by atoms with Crippen molar-refractivity contribution >= 4 is 17.4 Å². The average molecular weight is 345 g/mol. The number of fused-ring (bicyclic) bond motifs is 1. The van der Waals surface area contributed by atoms with E-state index in [0.717, 1.165) is 29.3 Å². The lowest BCUT2D eigenvalue weighted by Crippen LogP contribution is -2.39. The van der Waals surface area contributed by atoms with E-state index in [1.54, 1.807) is 11.3 Å². The first-order valence-corrected chi connectivity index (χ1v) is 9.11. The quantitative estimate of drug-likeness (QED) is 0.875. The fraction of sp³-hybridized carbons (Fsp3) is 0.444. The molecule has 1 aromatic heterocycles. The van der Waals surface area contributed by atoms with E-state index in [0.29, 0.717) is 25.6 Å². The first-order chi connectivity index (χ1) is 11.6. The van der Waals surface area contributed by atoms with E-state index in [9.17, 15) is 4.79 Å². The molecule has 2 aromatic rings. The highest BCUT2D eigenvalue weighted by Gasteiger charge is 2.21. The number of hydrogen-bond acceptors (Lipinski definition) is 4. The summed E-state index contributed by atoms with van der Waals surface area (Å²) in [5, 5.41) is 6.98. The first kappa shape index (κ1) is 16.8. The number of rotatable bonds is 5. The lowest BCUT2D eigenvalue weighted by Gasteiger charge is -2.26. The third-order valence-corrected chi connectivity index (χ3v) is 5.36. The third-order valence-electron chi connectivity index (χ3n) is 4.23. The maximum absolute atomic E-state index is 12.0. The molecule has 1 aliphatic heterocycles. The van der Waals surface area contributed by atoms with Crippen LogP contribution in [0.4, 0.5) is 4.79 Å².